The van der Waals surface area contributed by atoms with Gasteiger partial charge in [-0.05, 0) is 44.6 Å². The lowest BCUT2D eigenvalue weighted by Gasteiger charge is -2.21. The van der Waals surface area contributed by atoms with E-state index >= 15 is 0 Å². The van der Waals surface area contributed by atoms with Gasteiger partial charge in [-0.15, -0.1) is 11.3 Å². The van der Waals surface area contributed by atoms with Crippen LogP contribution in [0, 0.1) is 6.92 Å². The molecule has 0 bridgehead atoms. The van der Waals surface area contributed by atoms with E-state index in [1.165, 1.54) is 17.3 Å². The Hall–Kier alpha value is -2.22. The second-order valence-electron chi connectivity index (χ2n) is 7.15. The first-order valence-electron chi connectivity index (χ1n) is 9.86. The molecule has 0 radical (unpaired) electrons. The van der Waals surface area contributed by atoms with Crippen LogP contribution in [0.1, 0.15) is 67.1 Å². The standard InChI is InChI=1S/C20H26N2O5S/c1-3-4-10-26-15(23)11-22-12-21-18-16(19(22)24)13(2)17(28-18)20(25)27-14-8-6-5-7-9-14/h12,14H,3-11H2,1-2H3. The second kappa shape index (κ2) is 9.32. The fraction of sp³-hybridized carbons (Fsp3) is 0.600. The van der Waals surface area contributed by atoms with E-state index in [1.54, 1.807) is 6.92 Å². The molecule has 152 valence electrons. The maximum Gasteiger partial charge on any atom is 0.348 e. The molecule has 1 saturated carbocycles. The highest BCUT2D eigenvalue weighted by molar-refractivity contribution is 7.20. The van der Waals surface area contributed by atoms with Crippen LogP contribution in [0.3, 0.4) is 0 Å². The minimum absolute atomic E-state index is 0.0478. The molecule has 0 aliphatic heterocycles. The number of thiophene rings is 1. The molecule has 0 spiro atoms. The number of esters is 2. The van der Waals surface area contributed by atoms with Crippen molar-refractivity contribution in [2.75, 3.05) is 6.61 Å². The van der Waals surface area contributed by atoms with Crippen LogP contribution in [0.15, 0.2) is 11.1 Å². The average molecular weight is 407 g/mol. The van der Waals surface area contributed by atoms with Gasteiger partial charge in [-0.25, -0.2) is 9.78 Å². The average Bonchev–Trinajstić information content (AvgIpc) is 3.02. The van der Waals surface area contributed by atoms with Crippen LogP contribution < -0.4 is 5.56 Å². The number of nitrogens with zero attached hydrogens (tertiary/aromatic N) is 2. The Balaban J connectivity index is 1.79. The normalized spacial score (nSPS) is 14.9. The van der Waals surface area contributed by atoms with Crippen molar-refractivity contribution in [2.24, 2.45) is 0 Å². The Morgan fingerprint density at radius 1 is 1.29 bits per heavy atom. The van der Waals surface area contributed by atoms with Crippen molar-refractivity contribution in [3.05, 3.63) is 27.1 Å². The lowest BCUT2D eigenvalue weighted by atomic mass is 9.98. The van der Waals surface area contributed by atoms with Gasteiger partial charge in [0.15, 0.2) is 0 Å². The summed E-state index contributed by atoms with van der Waals surface area (Å²) in [6.45, 7) is 3.88. The summed E-state index contributed by atoms with van der Waals surface area (Å²) in [5.41, 5.74) is 0.218. The Morgan fingerprint density at radius 2 is 2.04 bits per heavy atom. The topological polar surface area (TPSA) is 87.5 Å². The van der Waals surface area contributed by atoms with Crippen LogP contribution in [0.25, 0.3) is 10.2 Å². The third-order valence-corrected chi connectivity index (χ3v) is 6.17. The van der Waals surface area contributed by atoms with Gasteiger partial charge < -0.3 is 9.47 Å². The lowest BCUT2D eigenvalue weighted by Crippen LogP contribution is -2.26. The van der Waals surface area contributed by atoms with E-state index in [0.29, 0.717) is 27.3 Å². The smallest absolute Gasteiger partial charge is 0.348 e. The van der Waals surface area contributed by atoms with E-state index in [-0.39, 0.29) is 18.2 Å². The highest BCUT2D eigenvalue weighted by atomic mass is 32.1. The molecule has 2 heterocycles. The number of aromatic nitrogens is 2. The number of ether oxygens (including phenoxy) is 2. The molecule has 0 aromatic carbocycles. The third kappa shape index (κ3) is 4.60. The zero-order valence-electron chi connectivity index (χ0n) is 16.4. The van der Waals surface area contributed by atoms with E-state index in [4.69, 9.17) is 9.47 Å². The summed E-state index contributed by atoms with van der Waals surface area (Å²) in [4.78, 5) is 42.5. The first kappa shape index (κ1) is 20.5. The van der Waals surface area contributed by atoms with E-state index < -0.39 is 11.9 Å². The highest BCUT2D eigenvalue weighted by Gasteiger charge is 2.24. The fourth-order valence-corrected chi connectivity index (χ4v) is 4.39. The molecule has 0 saturated heterocycles. The quantitative estimate of drug-likeness (QED) is 0.516. The number of hydrogen-bond donors (Lipinski definition) is 0. The molecule has 8 heteroatoms. The van der Waals surface area contributed by atoms with E-state index in [1.807, 2.05) is 6.92 Å². The summed E-state index contributed by atoms with van der Waals surface area (Å²) in [5, 5.41) is 0.365. The summed E-state index contributed by atoms with van der Waals surface area (Å²) in [5.74, 6) is -0.862. The number of carbonyl (C=O) groups is 2. The highest BCUT2D eigenvalue weighted by Crippen LogP contribution is 2.29. The molecule has 1 fully saturated rings. The number of fused-ring (bicyclic) bond motifs is 1. The Labute approximate surface area is 167 Å². The molecule has 0 atom stereocenters. The number of rotatable bonds is 7. The first-order chi connectivity index (χ1) is 13.5. The largest absolute Gasteiger partial charge is 0.464 e. The molecule has 1 aliphatic rings. The predicted molar refractivity (Wildman–Crippen MR) is 107 cm³/mol. The minimum atomic E-state index is -0.471. The van der Waals surface area contributed by atoms with E-state index in [9.17, 15) is 14.4 Å². The van der Waals surface area contributed by atoms with Gasteiger partial charge in [0.25, 0.3) is 5.56 Å². The van der Waals surface area contributed by atoms with Crippen molar-refractivity contribution in [3.8, 4) is 0 Å². The summed E-state index contributed by atoms with van der Waals surface area (Å²) in [6, 6.07) is 0. The van der Waals surface area contributed by atoms with Gasteiger partial charge in [0.2, 0.25) is 0 Å². The molecule has 2 aromatic rings. The van der Waals surface area contributed by atoms with Gasteiger partial charge >= 0.3 is 11.9 Å². The van der Waals surface area contributed by atoms with Crippen LogP contribution in [-0.4, -0.2) is 34.2 Å². The lowest BCUT2D eigenvalue weighted by molar-refractivity contribution is -0.144. The zero-order valence-corrected chi connectivity index (χ0v) is 17.2. The van der Waals surface area contributed by atoms with Crippen LogP contribution in [-0.2, 0) is 20.8 Å². The zero-order chi connectivity index (χ0) is 20.1. The summed E-state index contributed by atoms with van der Waals surface area (Å²) in [7, 11) is 0. The molecule has 28 heavy (non-hydrogen) atoms. The van der Waals surface area contributed by atoms with Crippen LogP contribution in [0.5, 0.6) is 0 Å². The van der Waals surface area contributed by atoms with Crippen molar-refractivity contribution < 1.29 is 19.1 Å². The SMILES string of the molecule is CCCCOC(=O)Cn1cnc2sc(C(=O)OC3CCCCC3)c(C)c2c1=O. The molecule has 0 N–H and O–H groups in total. The molecule has 7 nitrogen and oxygen atoms in total. The van der Waals surface area contributed by atoms with Crippen LogP contribution in [0.2, 0.25) is 0 Å². The molecule has 3 rings (SSSR count). The number of aryl methyl sites for hydroxylation is 1. The Kier molecular flexibility index (Phi) is 6.83. The van der Waals surface area contributed by atoms with Gasteiger partial charge in [-0.1, -0.05) is 19.8 Å². The molecular weight excluding hydrogens is 380 g/mol. The maximum absolute atomic E-state index is 12.8. The fourth-order valence-electron chi connectivity index (χ4n) is 3.37. The number of hydrogen-bond acceptors (Lipinski definition) is 7. The third-order valence-electron chi connectivity index (χ3n) is 4.99. The maximum atomic E-state index is 12.8. The molecule has 1 aliphatic carbocycles. The van der Waals surface area contributed by atoms with Gasteiger partial charge in [0.05, 0.1) is 18.3 Å². The van der Waals surface area contributed by atoms with Crippen molar-refractivity contribution in [3.63, 3.8) is 0 Å². The number of unbranched alkanes of at least 4 members (excludes halogenated alkanes) is 1. The van der Waals surface area contributed by atoms with Gasteiger partial charge in [0.1, 0.15) is 22.4 Å². The molecule has 0 unspecified atom stereocenters. The van der Waals surface area contributed by atoms with Gasteiger partial charge in [-0.3, -0.25) is 14.2 Å². The molecule has 0 amide bonds. The molecule has 2 aromatic heterocycles. The van der Waals surface area contributed by atoms with Gasteiger partial charge in [0, 0.05) is 0 Å². The van der Waals surface area contributed by atoms with E-state index in [0.717, 1.165) is 49.9 Å². The summed E-state index contributed by atoms with van der Waals surface area (Å²) >= 11 is 1.16. The summed E-state index contributed by atoms with van der Waals surface area (Å²) in [6.07, 6.45) is 8.10. The van der Waals surface area contributed by atoms with Crippen LogP contribution >= 0.6 is 11.3 Å². The van der Waals surface area contributed by atoms with Crippen molar-refractivity contribution in [1.29, 1.82) is 0 Å². The summed E-state index contributed by atoms with van der Waals surface area (Å²) < 4.78 is 12.0. The molecular formula is C20H26N2O5S. The monoisotopic (exact) mass is 406 g/mol. The van der Waals surface area contributed by atoms with Crippen LogP contribution in [0.4, 0.5) is 0 Å². The van der Waals surface area contributed by atoms with Crippen molar-refractivity contribution in [1.82, 2.24) is 9.55 Å². The predicted octanol–water partition coefficient (Wildman–Crippen LogP) is 3.60. The van der Waals surface area contributed by atoms with Crippen molar-refractivity contribution in [2.45, 2.75) is 71.4 Å². The van der Waals surface area contributed by atoms with E-state index in [2.05, 4.69) is 4.98 Å². The van der Waals surface area contributed by atoms with Gasteiger partial charge in [-0.2, -0.15) is 0 Å². The second-order valence-corrected chi connectivity index (χ2v) is 8.15. The minimum Gasteiger partial charge on any atom is -0.464 e. The van der Waals surface area contributed by atoms with Crippen molar-refractivity contribution >= 4 is 33.5 Å². The Morgan fingerprint density at radius 3 is 2.75 bits per heavy atom. The Bertz CT molecular complexity index is 911. The first-order valence-corrected chi connectivity index (χ1v) is 10.7. The number of carbonyl (C=O) groups excluding carboxylic acids is 2.